The van der Waals surface area contributed by atoms with Gasteiger partial charge in [0, 0.05) is 30.3 Å². The molecule has 126 valence electrons. The number of benzene rings is 1. The molecule has 1 aliphatic rings. The molecule has 0 aliphatic carbocycles. The number of nitrogens with zero attached hydrogens (tertiary/aromatic N) is 3. The summed E-state index contributed by atoms with van der Waals surface area (Å²) in [6, 6.07) is 20.7. The van der Waals surface area contributed by atoms with Crippen LogP contribution in [0, 0.1) is 6.92 Å². The number of aryl methyl sites for hydroxylation is 1. The lowest BCUT2D eigenvalue weighted by Gasteiger charge is -2.28. The third kappa shape index (κ3) is 2.70. The molecule has 0 saturated carbocycles. The maximum atomic E-state index is 5.70. The van der Waals surface area contributed by atoms with Crippen LogP contribution < -0.4 is 10.2 Å². The van der Waals surface area contributed by atoms with E-state index >= 15 is 0 Å². The molecule has 2 aromatic heterocycles. The van der Waals surface area contributed by atoms with E-state index in [4.69, 9.17) is 12.2 Å². The first-order chi connectivity index (χ1) is 12.2. The highest BCUT2D eigenvalue weighted by Crippen LogP contribution is 2.41. The van der Waals surface area contributed by atoms with Gasteiger partial charge in [-0.25, -0.2) is 0 Å². The molecule has 0 bridgehead atoms. The average molecular weight is 348 g/mol. The monoisotopic (exact) mass is 348 g/mol. The lowest BCUT2D eigenvalue weighted by Crippen LogP contribution is -2.30. The summed E-state index contributed by atoms with van der Waals surface area (Å²) in [5.74, 6) is 0. The molecule has 0 radical (unpaired) electrons. The second-order valence-corrected chi connectivity index (χ2v) is 6.68. The SMILES string of the molecule is Cc1ccc([C@H]2[C@H](c3ccccn3)NC(=S)N2c2ccccc2)n1C. The molecule has 3 aromatic rings. The summed E-state index contributed by atoms with van der Waals surface area (Å²) in [6.07, 6.45) is 1.83. The van der Waals surface area contributed by atoms with Crippen LogP contribution in [0.3, 0.4) is 0 Å². The predicted molar refractivity (Wildman–Crippen MR) is 105 cm³/mol. The number of aromatic nitrogens is 2. The lowest BCUT2D eigenvalue weighted by atomic mass is 10.0. The molecule has 1 saturated heterocycles. The van der Waals surface area contributed by atoms with Gasteiger partial charge in [0.05, 0.1) is 11.7 Å². The summed E-state index contributed by atoms with van der Waals surface area (Å²) in [7, 11) is 2.10. The number of thiocarbonyl (C=S) groups is 1. The minimum Gasteiger partial charge on any atom is -0.351 e. The molecule has 4 rings (SSSR count). The Balaban J connectivity index is 1.86. The number of hydrogen-bond donors (Lipinski definition) is 1. The number of rotatable bonds is 3. The Morgan fingerprint density at radius 2 is 1.76 bits per heavy atom. The smallest absolute Gasteiger partial charge is 0.174 e. The largest absolute Gasteiger partial charge is 0.351 e. The van der Waals surface area contributed by atoms with Crippen LogP contribution in [-0.2, 0) is 7.05 Å². The molecule has 25 heavy (non-hydrogen) atoms. The van der Waals surface area contributed by atoms with Crippen molar-refractivity contribution >= 4 is 23.0 Å². The van der Waals surface area contributed by atoms with Crippen LogP contribution >= 0.6 is 12.2 Å². The second kappa shape index (κ2) is 6.33. The molecule has 1 N–H and O–H groups in total. The Morgan fingerprint density at radius 1 is 1.00 bits per heavy atom. The van der Waals surface area contributed by atoms with E-state index in [2.05, 4.69) is 64.1 Å². The zero-order valence-electron chi connectivity index (χ0n) is 14.3. The fraction of sp³-hybridized carbons (Fsp3) is 0.200. The number of nitrogens with one attached hydrogen (secondary N) is 1. The molecule has 0 spiro atoms. The Morgan fingerprint density at radius 3 is 2.40 bits per heavy atom. The van der Waals surface area contributed by atoms with Gasteiger partial charge >= 0.3 is 0 Å². The Kier molecular flexibility index (Phi) is 4.01. The van der Waals surface area contributed by atoms with Gasteiger partial charge < -0.3 is 14.8 Å². The van der Waals surface area contributed by atoms with Gasteiger partial charge in [-0.3, -0.25) is 4.98 Å². The van der Waals surface area contributed by atoms with Crippen molar-refractivity contribution in [1.82, 2.24) is 14.9 Å². The van der Waals surface area contributed by atoms with Gasteiger partial charge in [0.15, 0.2) is 5.11 Å². The van der Waals surface area contributed by atoms with Crippen molar-refractivity contribution in [3.05, 3.63) is 83.9 Å². The van der Waals surface area contributed by atoms with Gasteiger partial charge in [0.1, 0.15) is 6.04 Å². The first kappa shape index (κ1) is 15.8. The van der Waals surface area contributed by atoms with E-state index in [-0.39, 0.29) is 12.1 Å². The van der Waals surface area contributed by atoms with Crippen molar-refractivity contribution in [3.63, 3.8) is 0 Å². The van der Waals surface area contributed by atoms with Crippen molar-refractivity contribution in [1.29, 1.82) is 0 Å². The van der Waals surface area contributed by atoms with Crippen LogP contribution in [0.2, 0.25) is 0 Å². The van der Waals surface area contributed by atoms with Crippen molar-refractivity contribution in [2.45, 2.75) is 19.0 Å². The molecular formula is C20H20N4S. The molecular weight excluding hydrogens is 328 g/mol. The zero-order chi connectivity index (χ0) is 17.4. The van der Waals surface area contributed by atoms with Gasteiger partial charge in [0.2, 0.25) is 0 Å². The van der Waals surface area contributed by atoms with Crippen molar-refractivity contribution < 1.29 is 0 Å². The third-order valence-electron chi connectivity index (χ3n) is 4.85. The molecule has 1 aliphatic heterocycles. The molecule has 1 fully saturated rings. The minimum absolute atomic E-state index is 0.00176. The summed E-state index contributed by atoms with van der Waals surface area (Å²) in [5, 5.41) is 4.21. The van der Waals surface area contributed by atoms with Gasteiger partial charge in [-0.05, 0) is 55.5 Å². The number of hydrogen-bond acceptors (Lipinski definition) is 2. The zero-order valence-corrected chi connectivity index (χ0v) is 15.1. The van der Waals surface area contributed by atoms with Crippen LogP contribution in [-0.4, -0.2) is 14.7 Å². The van der Waals surface area contributed by atoms with E-state index in [1.54, 1.807) is 0 Å². The summed E-state index contributed by atoms with van der Waals surface area (Å²) >= 11 is 5.70. The highest BCUT2D eigenvalue weighted by molar-refractivity contribution is 7.80. The van der Waals surface area contributed by atoms with Gasteiger partial charge in [-0.15, -0.1) is 0 Å². The van der Waals surface area contributed by atoms with Crippen molar-refractivity contribution in [2.24, 2.45) is 7.05 Å². The quantitative estimate of drug-likeness (QED) is 0.728. The van der Waals surface area contributed by atoms with Gasteiger partial charge in [-0.2, -0.15) is 0 Å². The van der Waals surface area contributed by atoms with E-state index in [1.807, 2.05) is 36.5 Å². The molecule has 1 aromatic carbocycles. The maximum Gasteiger partial charge on any atom is 0.174 e. The fourth-order valence-electron chi connectivity index (χ4n) is 3.45. The average Bonchev–Trinajstić information content (AvgIpc) is 3.16. The predicted octanol–water partition coefficient (Wildman–Crippen LogP) is 3.91. The second-order valence-electron chi connectivity index (χ2n) is 6.29. The standard InChI is InChI=1S/C20H20N4S/c1-14-11-12-17(23(14)2)19-18(16-10-6-7-13-21-16)22-20(25)24(19)15-8-4-3-5-9-15/h3-13,18-19H,1-2H3,(H,22,25)/t18-,19-/m0/s1. The van der Waals surface area contributed by atoms with E-state index in [0.717, 1.165) is 16.5 Å². The number of anilines is 1. The summed E-state index contributed by atoms with van der Waals surface area (Å²) in [4.78, 5) is 6.78. The maximum absolute atomic E-state index is 5.70. The molecule has 3 heterocycles. The molecule has 4 nitrogen and oxygen atoms in total. The van der Waals surface area contributed by atoms with E-state index in [1.165, 1.54) is 11.4 Å². The normalized spacial score (nSPS) is 19.9. The third-order valence-corrected chi connectivity index (χ3v) is 5.16. The summed E-state index contributed by atoms with van der Waals surface area (Å²) in [5.41, 5.74) is 4.51. The first-order valence-corrected chi connectivity index (χ1v) is 8.75. The first-order valence-electron chi connectivity index (χ1n) is 8.35. The Labute approximate surface area is 153 Å². The van der Waals surface area contributed by atoms with Crippen LogP contribution in [0.5, 0.6) is 0 Å². The molecule has 2 atom stereocenters. The topological polar surface area (TPSA) is 33.1 Å². The molecule has 5 heteroatoms. The van der Waals surface area contributed by atoms with Crippen LogP contribution in [0.25, 0.3) is 0 Å². The van der Waals surface area contributed by atoms with Crippen LogP contribution in [0.1, 0.15) is 29.2 Å². The van der Waals surface area contributed by atoms with Gasteiger partial charge in [-0.1, -0.05) is 24.3 Å². The van der Waals surface area contributed by atoms with Crippen LogP contribution in [0.15, 0.2) is 66.9 Å². The van der Waals surface area contributed by atoms with Crippen LogP contribution in [0.4, 0.5) is 5.69 Å². The Hall–Kier alpha value is -2.66. The lowest BCUT2D eigenvalue weighted by molar-refractivity contribution is 0.539. The molecule has 0 unspecified atom stereocenters. The highest BCUT2D eigenvalue weighted by atomic mass is 32.1. The number of para-hydroxylation sites is 1. The highest BCUT2D eigenvalue weighted by Gasteiger charge is 2.41. The van der Waals surface area contributed by atoms with Crippen molar-refractivity contribution in [2.75, 3.05) is 4.90 Å². The fourth-order valence-corrected chi connectivity index (χ4v) is 3.80. The summed E-state index contributed by atoms with van der Waals surface area (Å²) < 4.78 is 2.23. The number of pyridine rings is 1. The summed E-state index contributed by atoms with van der Waals surface area (Å²) in [6.45, 7) is 2.12. The van der Waals surface area contributed by atoms with E-state index in [9.17, 15) is 0 Å². The van der Waals surface area contributed by atoms with Crippen molar-refractivity contribution in [3.8, 4) is 0 Å². The van der Waals surface area contributed by atoms with E-state index in [0.29, 0.717) is 0 Å². The van der Waals surface area contributed by atoms with Gasteiger partial charge in [0.25, 0.3) is 0 Å². The van der Waals surface area contributed by atoms with E-state index < -0.39 is 0 Å². The minimum atomic E-state index is 0.00176. The molecule has 0 amide bonds. The Bertz CT molecular complexity index is 889.